The third-order valence-corrected chi connectivity index (χ3v) is 5.38. The Kier molecular flexibility index (Phi) is 5.68. The van der Waals surface area contributed by atoms with Crippen LogP contribution in [0.2, 0.25) is 0 Å². The SMILES string of the molecule is Cc1ccc(S(=O)(=O)[C@@H](NC(=O)N(C)C)C(Cl)Cl)cc1. The molecule has 0 radical (unpaired) electrons. The van der Waals surface area contributed by atoms with Crippen molar-refractivity contribution in [2.45, 2.75) is 22.0 Å². The molecule has 20 heavy (non-hydrogen) atoms. The topological polar surface area (TPSA) is 66.5 Å². The van der Waals surface area contributed by atoms with Gasteiger partial charge in [-0.25, -0.2) is 13.2 Å². The monoisotopic (exact) mass is 338 g/mol. The third-order valence-electron chi connectivity index (χ3n) is 2.58. The molecule has 0 unspecified atom stereocenters. The van der Waals surface area contributed by atoms with Gasteiger partial charge in [0.2, 0.25) is 9.84 Å². The molecule has 0 aromatic heterocycles. The summed E-state index contributed by atoms with van der Waals surface area (Å²) < 4.78 is 24.9. The lowest BCUT2D eigenvalue weighted by molar-refractivity contribution is 0.216. The Morgan fingerprint density at radius 2 is 1.70 bits per heavy atom. The maximum atomic E-state index is 12.4. The molecule has 1 rings (SSSR count). The highest BCUT2D eigenvalue weighted by molar-refractivity contribution is 7.92. The van der Waals surface area contributed by atoms with Crippen LogP contribution in [-0.2, 0) is 9.84 Å². The van der Waals surface area contributed by atoms with Gasteiger partial charge in [0.05, 0.1) is 4.90 Å². The first-order valence-corrected chi connectivity index (χ1v) is 8.14. The van der Waals surface area contributed by atoms with E-state index >= 15 is 0 Å². The van der Waals surface area contributed by atoms with Crippen LogP contribution in [0.4, 0.5) is 4.79 Å². The summed E-state index contributed by atoms with van der Waals surface area (Å²) in [6.45, 7) is 1.84. The average molecular weight is 339 g/mol. The second-order valence-electron chi connectivity index (χ2n) is 4.46. The van der Waals surface area contributed by atoms with Crippen molar-refractivity contribution in [1.29, 1.82) is 0 Å². The predicted molar refractivity (Wildman–Crippen MR) is 79.9 cm³/mol. The van der Waals surface area contributed by atoms with Crippen molar-refractivity contribution in [3.8, 4) is 0 Å². The van der Waals surface area contributed by atoms with Crippen LogP contribution in [-0.4, -0.2) is 43.7 Å². The number of carbonyl (C=O) groups excluding carboxylic acids is 1. The van der Waals surface area contributed by atoms with E-state index in [4.69, 9.17) is 23.2 Å². The number of amides is 2. The van der Waals surface area contributed by atoms with Crippen molar-refractivity contribution in [3.05, 3.63) is 29.8 Å². The molecule has 112 valence electrons. The Hall–Kier alpha value is -0.980. The van der Waals surface area contributed by atoms with Crippen molar-refractivity contribution in [1.82, 2.24) is 10.2 Å². The molecule has 0 fully saturated rings. The molecule has 1 N–H and O–H groups in total. The first kappa shape index (κ1) is 17.1. The number of hydrogen-bond donors (Lipinski definition) is 1. The van der Waals surface area contributed by atoms with Crippen LogP contribution in [0.25, 0.3) is 0 Å². The predicted octanol–water partition coefficient (Wildman–Crippen LogP) is 2.17. The largest absolute Gasteiger partial charge is 0.331 e. The normalized spacial score (nSPS) is 13.1. The summed E-state index contributed by atoms with van der Waals surface area (Å²) in [7, 11) is -0.891. The van der Waals surface area contributed by atoms with Crippen LogP contribution in [0, 0.1) is 6.92 Å². The lowest BCUT2D eigenvalue weighted by atomic mass is 10.2. The first-order valence-electron chi connectivity index (χ1n) is 5.73. The van der Waals surface area contributed by atoms with Crippen LogP contribution in [0.3, 0.4) is 0 Å². The number of halogens is 2. The molecule has 0 aliphatic rings. The van der Waals surface area contributed by atoms with Crippen LogP contribution in [0.5, 0.6) is 0 Å². The van der Waals surface area contributed by atoms with Crippen molar-refractivity contribution < 1.29 is 13.2 Å². The quantitative estimate of drug-likeness (QED) is 0.855. The number of nitrogens with one attached hydrogen (secondary N) is 1. The molecule has 0 aliphatic heterocycles. The fourth-order valence-corrected chi connectivity index (χ4v) is 3.68. The van der Waals surface area contributed by atoms with Gasteiger partial charge in [-0.2, -0.15) is 0 Å². The van der Waals surface area contributed by atoms with Crippen LogP contribution in [0.1, 0.15) is 5.56 Å². The molecular weight excluding hydrogens is 323 g/mol. The zero-order valence-electron chi connectivity index (χ0n) is 11.3. The van der Waals surface area contributed by atoms with E-state index in [1.165, 1.54) is 31.1 Å². The minimum absolute atomic E-state index is 0.0541. The maximum absolute atomic E-state index is 12.4. The smallest absolute Gasteiger partial charge is 0.317 e. The van der Waals surface area contributed by atoms with E-state index in [0.29, 0.717) is 0 Å². The molecule has 0 bridgehead atoms. The molecule has 0 saturated heterocycles. The van der Waals surface area contributed by atoms with E-state index in [1.807, 2.05) is 6.92 Å². The summed E-state index contributed by atoms with van der Waals surface area (Å²) in [5.41, 5.74) is 0.922. The van der Waals surface area contributed by atoms with Gasteiger partial charge in [-0.05, 0) is 19.1 Å². The number of hydrogen-bond acceptors (Lipinski definition) is 3. The van der Waals surface area contributed by atoms with Crippen molar-refractivity contribution in [2.75, 3.05) is 14.1 Å². The molecule has 0 saturated carbocycles. The molecule has 5 nitrogen and oxygen atoms in total. The number of benzene rings is 1. The van der Waals surface area contributed by atoms with Crippen LogP contribution in [0.15, 0.2) is 29.2 Å². The fraction of sp³-hybridized carbons (Fsp3) is 0.417. The molecule has 0 heterocycles. The standard InChI is InChI=1S/C12H16Cl2N2O3S/c1-8-4-6-9(7-5-8)20(18,19)11(10(13)14)15-12(17)16(2)3/h4-7,10-11H,1-3H3,(H,15,17)/t11-/m1/s1. The summed E-state index contributed by atoms with van der Waals surface area (Å²) in [5, 5.41) is 0.891. The van der Waals surface area contributed by atoms with E-state index < -0.39 is 26.1 Å². The van der Waals surface area contributed by atoms with Crippen LogP contribution < -0.4 is 5.32 Å². The second-order valence-corrected chi connectivity index (χ2v) is 7.69. The highest BCUT2D eigenvalue weighted by atomic mass is 35.5. The molecule has 1 atom stereocenters. The number of nitrogens with zero attached hydrogens (tertiary/aromatic N) is 1. The number of rotatable bonds is 4. The molecule has 0 aliphatic carbocycles. The number of carbonyl (C=O) groups is 1. The lowest BCUT2D eigenvalue weighted by Crippen LogP contribution is -2.48. The van der Waals surface area contributed by atoms with E-state index in [2.05, 4.69) is 5.32 Å². The number of alkyl halides is 2. The van der Waals surface area contributed by atoms with Crippen molar-refractivity contribution >= 4 is 39.1 Å². The summed E-state index contributed by atoms with van der Waals surface area (Å²) in [4.78, 5) is 11.6. The van der Waals surface area contributed by atoms with Gasteiger partial charge in [0.15, 0.2) is 5.37 Å². The van der Waals surface area contributed by atoms with Crippen molar-refractivity contribution in [3.63, 3.8) is 0 Å². The Bertz CT molecular complexity index is 571. The number of urea groups is 1. The highest BCUT2D eigenvalue weighted by Crippen LogP contribution is 2.22. The summed E-state index contributed by atoms with van der Waals surface area (Å²) in [5.74, 6) is 0. The zero-order valence-corrected chi connectivity index (χ0v) is 13.6. The molecule has 2 amide bonds. The van der Waals surface area contributed by atoms with E-state index in [0.717, 1.165) is 5.56 Å². The molecule has 8 heteroatoms. The van der Waals surface area contributed by atoms with Gasteiger partial charge in [0.1, 0.15) is 4.84 Å². The zero-order chi connectivity index (χ0) is 15.5. The third kappa shape index (κ3) is 4.01. The summed E-state index contributed by atoms with van der Waals surface area (Å²) in [6.07, 6.45) is 0. The fourth-order valence-electron chi connectivity index (χ4n) is 1.40. The average Bonchev–Trinajstić information content (AvgIpc) is 2.35. The maximum Gasteiger partial charge on any atom is 0.317 e. The minimum Gasteiger partial charge on any atom is -0.331 e. The van der Waals surface area contributed by atoms with Gasteiger partial charge in [-0.15, -0.1) is 23.2 Å². The van der Waals surface area contributed by atoms with Gasteiger partial charge < -0.3 is 10.2 Å². The van der Waals surface area contributed by atoms with E-state index in [-0.39, 0.29) is 4.90 Å². The summed E-state index contributed by atoms with van der Waals surface area (Å²) >= 11 is 11.4. The molecule has 1 aromatic carbocycles. The number of sulfone groups is 1. The number of aryl methyl sites for hydroxylation is 1. The Morgan fingerprint density at radius 1 is 1.20 bits per heavy atom. The van der Waals surface area contributed by atoms with E-state index in [1.54, 1.807) is 12.1 Å². The Labute approximate surface area is 128 Å². The molecule has 1 aromatic rings. The minimum atomic E-state index is -3.87. The van der Waals surface area contributed by atoms with Gasteiger partial charge >= 0.3 is 6.03 Å². The Morgan fingerprint density at radius 3 is 2.10 bits per heavy atom. The molecule has 0 spiro atoms. The lowest BCUT2D eigenvalue weighted by Gasteiger charge is -2.22. The van der Waals surface area contributed by atoms with Gasteiger partial charge in [0, 0.05) is 14.1 Å². The highest BCUT2D eigenvalue weighted by Gasteiger charge is 2.34. The first-order chi connectivity index (χ1) is 9.16. The second kappa shape index (κ2) is 6.65. The van der Waals surface area contributed by atoms with Crippen molar-refractivity contribution in [2.24, 2.45) is 0 Å². The summed E-state index contributed by atoms with van der Waals surface area (Å²) in [6, 6.07) is 5.65. The molecular formula is C12H16Cl2N2O3S. The van der Waals surface area contributed by atoms with Gasteiger partial charge in [-0.3, -0.25) is 0 Å². The van der Waals surface area contributed by atoms with Gasteiger partial charge in [-0.1, -0.05) is 17.7 Å². The van der Waals surface area contributed by atoms with Crippen LogP contribution >= 0.6 is 23.2 Å². The van der Waals surface area contributed by atoms with E-state index in [9.17, 15) is 13.2 Å². The van der Waals surface area contributed by atoms with Gasteiger partial charge in [0.25, 0.3) is 0 Å². The Balaban J connectivity index is 3.13.